The maximum absolute atomic E-state index is 13.9. The van der Waals surface area contributed by atoms with Gasteiger partial charge in [0.1, 0.15) is 23.1 Å². The van der Waals surface area contributed by atoms with Crippen molar-refractivity contribution in [2.75, 3.05) is 17.2 Å². The summed E-state index contributed by atoms with van der Waals surface area (Å²) < 4.78 is 32.3. The van der Waals surface area contributed by atoms with Gasteiger partial charge < -0.3 is 20.0 Å². The molecule has 2 aromatic heterocycles. The van der Waals surface area contributed by atoms with Crippen LogP contribution < -0.4 is 10.6 Å². The zero-order valence-electron chi connectivity index (χ0n) is 17.8. The highest BCUT2D eigenvalue weighted by Gasteiger charge is 2.21. The van der Waals surface area contributed by atoms with Gasteiger partial charge in [-0.05, 0) is 48.5 Å². The van der Waals surface area contributed by atoms with E-state index in [-0.39, 0.29) is 36.8 Å². The second-order valence-electron chi connectivity index (χ2n) is 7.25. The molecule has 0 unspecified atom stereocenters. The molecule has 0 saturated heterocycles. The van der Waals surface area contributed by atoms with E-state index in [9.17, 15) is 18.4 Å². The Kier molecular flexibility index (Phi) is 7.28. The Morgan fingerprint density at radius 2 is 1.82 bits per heavy atom. The molecule has 34 heavy (non-hydrogen) atoms. The topological polar surface area (TPSA) is 87.5 Å². The van der Waals surface area contributed by atoms with Crippen LogP contribution in [0, 0.1) is 11.6 Å². The van der Waals surface area contributed by atoms with Crippen molar-refractivity contribution in [3.05, 3.63) is 95.4 Å². The van der Waals surface area contributed by atoms with Gasteiger partial charge in [-0.25, -0.2) is 13.8 Å². The van der Waals surface area contributed by atoms with Crippen molar-refractivity contribution >= 4 is 39.7 Å². The Balaban J connectivity index is 1.43. The summed E-state index contributed by atoms with van der Waals surface area (Å²) in [7, 11) is 0. The van der Waals surface area contributed by atoms with Crippen LogP contribution in [0.3, 0.4) is 0 Å². The zero-order chi connectivity index (χ0) is 23.9. The summed E-state index contributed by atoms with van der Waals surface area (Å²) in [6, 6.07) is 15.0. The fraction of sp³-hybridized carbons (Fsp3) is 0.125. The normalized spacial score (nSPS) is 10.6. The van der Waals surface area contributed by atoms with Gasteiger partial charge in [-0.15, -0.1) is 11.3 Å². The number of furan rings is 1. The van der Waals surface area contributed by atoms with Crippen molar-refractivity contribution < 1.29 is 22.8 Å². The molecule has 174 valence electrons. The first-order valence-electron chi connectivity index (χ1n) is 10.3. The number of carbonyl (C=O) groups excluding carboxylic acids is 2. The van der Waals surface area contributed by atoms with E-state index in [1.807, 2.05) is 0 Å². The number of aromatic nitrogens is 1. The molecule has 2 N–H and O–H groups in total. The number of thiazole rings is 1. The Hall–Kier alpha value is -4.05. The molecule has 2 amide bonds. The van der Waals surface area contributed by atoms with Crippen LogP contribution in [0.5, 0.6) is 0 Å². The molecule has 0 aliphatic heterocycles. The predicted molar refractivity (Wildman–Crippen MR) is 125 cm³/mol. The van der Waals surface area contributed by atoms with Crippen LogP contribution in [0.25, 0.3) is 0 Å². The van der Waals surface area contributed by atoms with E-state index in [2.05, 4.69) is 15.6 Å². The highest BCUT2D eigenvalue weighted by molar-refractivity contribution is 7.14. The number of benzene rings is 2. The molecule has 4 rings (SSSR count). The lowest BCUT2D eigenvalue weighted by atomic mass is 10.2. The largest absolute Gasteiger partial charge is 0.467 e. The molecule has 0 fully saturated rings. The molecule has 10 heteroatoms. The molecule has 0 spiro atoms. The zero-order valence-corrected chi connectivity index (χ0v) is 18.6. The summed E-state index contributed by atoms with van der Waals surface area (Å²) in [5, 5.41) is 7.47. The number of para-hydroxylation sites is 1. The van der Waals surface area contributed by atoms with Crippen molar-refractivity contribution in [2.24, 2.45) is 0 Å². The molecule has 2 heterocycles. The summed E-state index contributed by atoms with van der Waals surface area (Å²) in [6.45, 7) is 0.240. The lowest BCUT2D eigenvalue weighted by Gasteiger charge is -2.20. The Bertz CT molecular complexity index is 1260. The average Bonchev–Trinajstić information content (AvgIpc) is 3.51. The van der Waals surface area contributed by atoms with E-state index < -0.39 is 17.5 Å². The molecule has 7 nitrogen and oxygen atoms in total. The van der Waals surface area contributed by atoms with Crippen LogP contribution >= 0.6 is 11.3 Å². The third-order valence-electron chi connectivity index (χ3n) is 4.79. The van der Waals surface area contributed by atoms with Crippen molar-refractivity contribution in [3.8, 4) is 0 Å². The minimum Gasteiger partial charge on any atom is -0.467 e. The molecular weight excluding hydrogens is 462 g/mol. The standard InChI is InChI=1S/C24H20F2N4O3S/c25-16-7-9-17(10-8-16)27-22(31)11-12-30(14-18-4-3-13-33-18)23(32)21-15-34-24(29-21)28-20-6-2-1-5-19(20)26/h1-10,13,15H,11-12,14H2,(H,27,31)(H,28,29). The summed E-state index contributed by atoms with van der Waals surface area (Å²) in [5.74, 6) is -1.02. The SMILES string of the molecule is O=C(CCN(Cc1ccco1)C(=O)c1csc(Nc2ccccc2F)n1)Nc1ccc(F)cc1. The molecule has 0 radical (unpaired) electrons. The van der Waals surface area contributed by atoms with E-state index in [1.165, 1.54) is 41.5 Å². The number of hydrogen-bond donors (Lipinski definition) is 2. The number of nitrogens with zero attached hydrogens (tertiary/aromatic N) is 2. The predicted octanol–water partition coefficient (Wildman–Crippen LogP) is 5.43. The molecular formula is C24H20F2N4O3S. The summed E-state index contributed by atoms with van der Waals surface area (Å²) in [4.78, 5) is 31.3. The van der Waals surface area contributed by atoms with Gasteiger partial charge in [0.25, 0.3) is 5.91 Å². The van der Waals surface area contributed by atoms with Gasteiger partial charge in [-0.1, -0.05) is 12.1 Å². The van der Waals surface area contributed by atoms with Crippen molar-refractivity contribution in [1.29, 1.82) is 0 Å². The van der Waals surface area contributed by atoms with Crippen molar-refractivity contribution in [1.82, 2.24) is 9.88 Å². The molecule has 0 saturated carbocycles. The van der Waals surface area contributed by atoms with E-state index in [1.54, 1.807) is 35.7 Å². The minimum atomic E-state index is -0.433. The maximum Gasteiger partial charge on any atom is 0.273 e. The third kappa shape index (κ3) is 6.04. The lowest BCUT2D eigenvalue weighted by Crippen LogP contribution is -2.33. The van der Waals surface area contributed by atoms with Crippen LogP contribution in [0.2, 0.25) is 0 Å². The smallest absolute Gasteiger partial charge is 0.273 e. The quantitative estimate of drug-likeness (QED) is 0.332. The molecule has 0 bridgehead atoms. The molecule has 4 aromatic rings. The lowest BCUT2D eigenvalue weighted by molar-refractivity contribution is -0.116. The van der Waals surface area contributed by atoms with E-state index in [0.717, 1.165) is 11.3 Å². The fourth-order valence-corrected chi connectivity index (χ4v) is 3.80. The summed E-state index contributed by atoms with van der Waals surface area (Å²) in [5.41, 5.74) is 0.869. The van der Waals surface area contributed by atoms with Gasteiger partial charge in [0.05, 0.1) is 18.5 Å². The first kappa shape index (κ1) is 23.1. The summed E-state index contributed by atoms with van der Waals surface area (Å²) in [6.07, 6.45) is 1.51. The molecule has 0 aliphatic rings. The van der Waals surface area contributed by atoms with Crippen molar-refractivity contribution in [3.63, 3.8) is 0 Å². The minimum absolute atomic E-state index is 0.00823. The van der Waals surface area contributed by atoms with Crippen LogP contribution in [0.4, 0.5) is 25.3 Å². The Morgan fingerprint density at radius 3 is 2.56 bits per heavy atom. The van der Waals surface area contributed by atoms with Crippen LogP contribution in [0.1, 0.15) is 22.7 Å². The number of halogens is 2. The number of carbonyl (C=O) groups is 2. The number of anilines is 3. The van der Waals surface area contributed by atoms with E-state index >= 15 is 0 Å². The van der Waals surface area contributed by atoms with Gasteiger partial charge in [0.15, 0.2) is 5.13 Å². The van der Waals surface area contributed by atoms with E-state index in [4.69, 9.17) is 4.42 Å². The number of rotatable bonds is 9. The average molecular weight is 483 g/mol. The second-order valence-corrected chi connectivity index (χ2v) is 8.11. The van der Waals surface area contributed by atoms with Gasteiger partial charge in [-0.3, -0.25) is 9.59 Å². The summed E-state index contributed by atoms with van der Waals surface area (Å²) >= 11 is 1.16. The Morgan fingerprint density at radius 1 is 1.03 bits per heavy atom. The van der Waals surface area contributed by atoms with Crippen molar-refractivity contribution in [2.45, 2.75) is 13.0 Å². The first-order chi connectivity index (χ1) is 16.5. The molecule has 0 atom stereocenters. The number of amides is 2. The van der Waals surface area contributed by atoms with Gasteiger partial charge in [-0.2, -0.15) is 0 Å². The fourth-order valence-electron chi connectivity index (χ4n) is 3.11. The molecule has 0 aliphatic carbocycles. The number of nitrogens with one attached hydrogen (secondary N) is 2. The van der Waals surface area contributed by atoms with Gasteiger partial charge in [0, 0.05) is 24.0 Å². The van der Waals surface area contributed by atoms with Crippen LogP contribution in [0.15, 0.2) is 76.7 Å². The van der Waals surface area contributed by atoms with E-state index in [0.29, 0.717) is 16.6 Å². The highest BCUT2D eigenvalue weighted by atomic mass is 32.1. The van der Waals surface area contributed by atoms with Crippen LogP contribution in [-0.2, 0) is 11.3 Å². The third-order valence-corrected chi connectivity index (χ3v) is 5.55. The van der Waals surface area contributed by atoms with Gasteiger partial charge in [0.2, 0.25) is 5.91 Å². The first-order valence-corrected chi connectivity index (χ1v) is 11.2. The monoisotopic (exact) mass is 482 g/mol. The van der Waals surface area contributed by atoms with Crippen LogP contribution in [-0.4, -0.2) is 28.2 Å². The maximum atomic E-state index is 13.9. The highest BCUT2D eigenvalue weighted by Crippen LogP contribution is 2.24. The number of hydrogen-bond acceptors (Lipinski definition) is 6. The Labute approximate surface area is 198 Å². The second kappa shape index (κ2) is 10.7. The van der Waals surface area contributed by atoms with Gasteiger partial charge >= 0.3 is 0 Å². The molecule has 2 aromatic carbocycles.